The number of anilines is 2. The number of nitrogens with zero attached hydrogens (tertiary/aromatic N) is 2. The van der Waals surface area contributed by atoms with Gasteiger partial charge in [-0.3, -0.25) is 14.4 Å². The molecule has 8 nitrogen and oxygen atoms in total. The van der Waals surface area contributed by atoms with Gasteiger partial charge in [0.15, 0.2) is 0 Å². The SMILES string of the molecule is COc1cc(NC(=O)CN2CCN(c3ccc(C)c(C)c3)C(=O)C2=O)cc(OC)c1. The summed E-state index contributed by atoms with van der Waals surface area (Å²) in [5, 5.41) is 2.71. The molecule has 0 spiro atoms. The van der Waals surface area contributed by atoms with E-state index in [9.17, 15) is 14.4 Å². The molecule has 0 bridgehead atoms. The van der Waals surface area contributed by atoms with Gasteiger partial charge in [-0.15, -0.1) is 0 Å². The molecule has 1 fully saturated rings. The van der Waals surface area contributed by atoms with E-state index in [1.165, 1.54) is 24.0 Å². The van der Waals surface area contributed by atoms with E-state index in [-0.39, 0.29) is 13.1 Å². The second kappa shape index (κ2) is 8.86. The smallest absolute Gasteiger partial charge is 0.316 e. The molecule has 3 rings (SSSR count). The Morgan fingerprint density at radius 2 is 1.60 bits per heavy atom. The van der Waals surface area contributed by atoms with Gasteiger partial charge >= 0.3 is 11.8 Å². The number of nitrogens with one attached hydrogen (secondary N) is 1. The molecule has 158 valence electrons. The maximum atomic E-state index is 12.6. The summed E-state index contributed by atoms with van der Waals surface area (Å²) in [6, 6.07) is 10.6. The van der Waals surface area contributed by atoms with Gasteiger partial charge in [0.25, 0.3) is 0 Å². The third-order valence-corrected chi connectivity index (χ3v) is 5.08. The predicted octanol–water partition coefficient (Wildman–Crippen LogP) is 2.13. The van der Waals surface area contributed by atoms with Crippen molar-refractivity contribution in [1.82, 2.24) is 4.90 Å². The highest BCUT2D eigenvalue weighted by atomic mass is 16.5. The number of methoxy groups -OCH3 is 2. The van der Waals surface area contributed by atoms with E-state index in [1.54, 1.807) is 18.2 Å². The van der Waals surface area contributed by atoms with Gasteiger partial charge in [-0.1, -0.05) is 6.07 Å². The lowest BCUT2D eigenvalue weighted by molar-refractivity contribution is -0.147. The number of carbonyl (C=O) groups excluding carboxylic acids is 3. The van der Waals surface area contributed by atoms with Crippen LogP contribution in [0.25, 0.3) is 0 Å². The molecule has 2 aromatic rings. The average molecular weight is 411 g/mol. The van der Waals surface area contributed by atoms with Crippen molar-refractivity contribution >= 4 is 29.1 Å². The first-order chi connectivity index (χ1) is 14.3. The summed E-state index contributed by atoms with van der Waals surface area (Å²) in [5.41, 5.74) is 3.32. The quantitative estimate of drug-likeness (QED) is 0.736. The zero-order valence-corrected chi connectivity index (χ0v) is 17.5. The highest BCUT2D eigenvalue weighted by molar-refractivity contribution is 6.41. The average Bonchev–Trinajstić information content (AvgIpc) is 2.73. The van der Waals surface area contributed by atoms with E-state index in [0.717, 1.165) is 11.1 Å². The number of rotatable bonds is 6. The first-order valence-electron chi connectivity index (χ1n) is 9.53. The van der Waals surface area contributed by atoms with E-state index in [1.807, 2.05) is 32.0 Å². The van der Waals surface area contributed by atoms with Gasteiger partial charge in [-0.05, 0) is 37.1 Å². The van der Waals surface area contributed by atoms with Crippen molar-refractivity contribution in [2.75, 3.05) is 44.1 Å². The minimum Gasteiger partial charge on any atom is -0.497 e. The van der Waals surface area contributed by atoms with Gasteiger partial charge in [-0.2, -0.15) is 0 Å². The van der Waals surface area contributed by atoms with Crippen LogP contribution in [0.5, 0.6) is 11.5 Å². The highest BCUT2D eigenvalue weighted by Crippen LogP contribution is 2.26. The maximum Gasteiger partial charge on any atom is 0.316 e. The van der Waals surface area contributed by atoms with Crippen LogP contribution in [-0.4, -0.2) is 56.5 Å². The molecular formula is C22H25N3O5. The van der Waals surface area contributed by atoms with Gasteiger partial charge < -0.3 is 24.6 Å². The summed E-state index contributed by atoms with van der Waals surface area (Å²) in [6.07, 6.45) is 0. The molecule has 1 N–H and O–H groups in total. The number of ether oxygens (including phenoxy) is 2. The Hall–Kier alpha value is -3.55. The summed E-state index contributed by atoms with van der Waals surface area (Å²) in [7, 11) is 3.03. The van der Waals surface area contributed by atoms with Crippen molar-refractivity contribution in [3.63, 3.8) is 0 Å². The van der Waals surface area contributed by atoms with Crippen LogP contribution in [0.2, 0.25) is 0 Å². The molecule has 2 aromatic carbocycles. The second-order valence-corrected chi connectivity index (χ2v) is 7.10. The van der Waals surface area contributed by atoms with E-state index < -0.39 is 17.7 Å². The second-order valence-electron chi connectivity index (χ2n) is 7.10. The minimum absolute atomic E-state index is 0.217. The zero-order chi connectivity index (χ0) is 21.8. The predicted molar refractivity (Wildman–Crippen MR) is 113 cm³/mol. The van der Waals surface area contributed by atoms with Crippen molar-refractivity contribution in [1.29, 1.82) is 0 Å². The Kier molecular flexibility index (Phi) is 6.25. The Labute approximate surface area is 175 Å². The molecule has 0 aliphatic carbocycles. The Morgan fingerprint density at radius 1 is 0.933 bits per heavy atom. The molecule has 8 heteroatoms. The van der Waals surface area contributed by atoms with Crippen molar-refractivity contribution in [2.24, 2.45) is 0 Å². The number of hydrogen-bond donors (Lipinski definition) is 1. The molecule has 3 amide bonds. The fourth-order valence-corrected chi connectivity index (χ4v) is 3.22. The van der Waals surface area contributed by atoms with E-state index in [4.69, 9.17) is 9.47 Å². The van der Waals surface area contributed by atoms with Crippen LogP contribution in [0, 0.1) is 13.8 Å². The van der Waals surface area contributed by atoms with Crippen molar-refractivity contribution in [2.45, 2.75) is 13.8 Å². The molecule has 0 aromatic heterocycles. The van der Waals surface area contributed by atoms with Gasteiger partial charge in [-0.25, -0.2) is 0 Å². The molecule has 1 heterocycles. The van der Waals surface area contributed by atoms with Crippen LogP contribution in [0.3, 0.4) is 0 Å². The number of amides is 3. The molecule has 0 atom stereocenters. The lowest BCUT2D eigenvalue weighted by Crippen LogP contribution is -2.56. The first-order valence-corrected chi connectivity index (χ1v) is 9.53. The Balaban J connectivity index is 1.66. The standard InChI is InChI=1S/C22H25N3O5/c1-14-5-6-17(9-15(14)2)25-8-7-24(21(27)22(25)28)13-20(26)23-16-10-18(29-3)12-19(11-16)30-4/h5-6,9-12H,7-8,13H2,1-4H3,(H,23,26). The lowest BCUT2D eigenvalue weighted by atomic mass is 10.1. The number of hydrogen-bond acceptors (Lipinski definition) is 5. The molecule has 0 radical (unpaired) electrons. The van der Waals surface area contributed by atoms with Crippen LogP contribution in [0.4, 0.5) is 11.4 Å². The molecular weight excluding hydrogens is 386 g/mol. The monoisotopic (exact) mass is 411 g/mol. The van der Waals surface area contributed by atoms with E-state index in [0.29, 0.717) is 29.4 Å². The number of piperazine rings is 1. The van der Waals surface area contributed by atoms with Crippen LogP contribution in [-0.2, 0) is 14.4 Å². The third kappa shape index (κ3) is 4.53. The summed E-state index contributed by atoms with van der Waals surface area (Å²) < 4.78 is 10.4. The molecule has 1 saturated heterocycles. The van der Waals surface area contributed by atoms with Crippen molar-refractivity contribution < 1.29 is 23.9 Å². The minimum atomic E-state index is -0.696. The number of aryl methyl sites for hydroxylation is 2. The third-order valence-electron chi connectivity index (χ3n) is 5.08. The number of carbonyl (C=O) groups is 3. The summed E-state index contributed by atoms with van der Waals surface area (Å²) >= 11 is 0. The summed E-state index contributed by atoms with van der Waals surface area (Å²) in [5.74, 6) is -0.694. The molecule has 1 aliphatic heterocycles. The van der Waals surface area contributed by atoms with Crippen LogP contribution in [0.15, 0.2) is 36.4 Å². The fraction of sp³-hybridized carbons (Fsp3) is 0.318. The normalized spacial score (nSPS) is 14.0. The van der Waals surface area contributed by atoms with Crippen molar-refractivity contribution in [3.05, 3.63) is 47.5 Å². The van der Waals surface area contributed by atoms with Crippen LogP contribution in [0.1, 0.15) is 11.1 Å². The van der Waals surface area contributed by atoms with E-state index >= 15 is 0 Å². The zero-order valence-electron chi connectivity index (χ0n) is 17.5. The first kappa shape index (κ1) is 21.2. The van der Waals surface area contributed by atoms with Gasteiger partial charge in [0.1, 0.15) is 18.0 Å². The maximum absolute atomic E-state index is 12.6. The molecule has 0 unspecified atom stereocenters. The van der Waals surface area contributed by atoms with Gasteiger partial charge in [0.05, 0.1) is 14.2 Å². The van der Waals surface area contributed by atoms with Gasteiger partial charge in [0, 0.05) is 42.7 Å². The fourth-order valence-electron chi connectivity index (χ4n) is 3.22. The van der Waals surface area contributed by atoms with Gasteiger partial charge in [0.2, 0.25) is 5.91 Å². The molecule has 0 saturated carbocycles. The highest BCUT2D eigenvalue weighted by Gasteiger charge is 2.34. The Morgan fingerprint density at radius 3 is 2.20 bits per heavy atom. The molecule has 1 aliphatic rings. The van der Waals surface area contributed by atoms with Crippen LogP contribution >= 0.6 is 0 Å². The summed E-state index contributed by atoms with van der Waals surface area (Å²) in [6.45, 7) is 4.32. The summed E-state index contributed by atoms with van der Waals surface area (Å²) in [4.78, 5) is 40.3. The van der Waals surface area contributed by atoms with Crippen molar-refractivity contribution in [3.8, 4) is 11.5 Å². The molecule has 30 heavy (non-hydrogen) atoms. The lowest BCUT2D eigenvalue weighted by Gasteiger charge is -2.33. The number of benzene rings is 2. The van der Waals surface area contributed by atoms with Crippen LogP contribution < -0.4 is 19.7 Å². The van der Waals surface area contributed by atoms with E-state index in [2.05, 4.69) is 5.32 Å². The topological polar surface area (TPSA) is 88.2 Å². The largest absolute Gasteiger partial charge is 0.497 e. The Bertz CT molecular complexity index is 966.